The molecule has 4 heterocycles. The van der Waals surface area contributed by atoms with E-state index in [0.29, 0.717) is 19.6 Å². The Morgan fingerprint density at radius 1 is 1.32 bits per heavy atom. The van der Waals surface area contributed by atoms with Crippen LogP contribution in [0.25, 0.3) is 0 Å². The smallest absolute Gasteiger partial charge is 0.351 e. The predicted octanol–water partition coefficient (Wildman–Crippen LogP) is 1.16. The number of pyridine rings is 1. The number of nitrogens with zero attached hydrogens (tertiary/aromatic N) is 4. The van der Waals surface area contributed by atoms with Crippen molar-refractivity contribution in [2.24, 2.45) is 0 Å². The average molecular weight is 349 g/mol. The molecule has 2 aliphatic rings. The van der Waals surface area contributed by atoms with Crippen LogP contribution in [0.4, 0.5) is 14.6 Å². The Hall–Kier alpha value is -2.39. The van der Waals surface area contributed by atoms with Gasteiger partial charge in [-0.3, -0.25) is 14.5 Å². The fourth-order valence-electron chi connectivity index (χ4n) is 3.42. The maximum absolute atomic E-state index is 14.4. The summed E-state index contributed by atoms with van der Waals surface area (Å²) in [5.41, 5.74) is 6.81. The molecule has 0 bridgehead atoms. The monoisotopic (exact) mass is 349 g/mol. The first-order chi connectivity index (χ1) is 11.9. The Morgan fingerprint density at radius 2 is 2.12 bits per heavy atom. The minimum absolute atomic E-state index is 0.0115. The first-order valence-electron chi connectivity index (χ1n) is 7.94. The Morgan fingerprint density at radius 3 is 2.88 bits per heavy atom. The van der Waals surface area contributed by atoms with E-state index in [2.05, 4.69) is 9.97 Å². The van der Waals surface area contributed by atoms with Crippen molar-refractivity contribution in [3.05, 3.63) is 52.3 Å². The van der Waals surface area contributed by atoms with E-state index in [9.17, 15) is 13.6 Å². The normalized spacial score (nSPS) is 25.2. The number of nitrogens with two attached hydrogens (primary N) is 1. The maximum atomic E-state index is 14.4. The molecule has 0 spiro atoms. The molecule has 25 heavy (non-hydrogen) atoms. The molecule has 7 nitrogen and oxygen atoms in total. The van der Waals surface area contributed by atoms with Gasteiger partial charge in [-0.25, -0.2) is 13.6 Å². The number of alkyl halides is 2. The van der Waals surface area contributed by atoms with Crippen LogP contribution in [0, 0.1) is 0 Å². The molecule has 0 saturated carbocycles. The van der Waals surface area contributed by atoms with Crippen LogP contribution in [0.3, 0.4) is 0 Å². The molecule has 2 aromatic rings. The molecule has 2 aliphatic heterocycles. The molecule has 4 rings (SSSR count). The lowest BCUT2D eigenvalue weighted by Gasteiger charge is -2.21. The van der Waals surface area contributed by atoms with E-state index in [4.69, 9.17) is 10.5 Å². The Balaban J connectivity index is 1.48. The molecule has 1 fully saturated rings. The van der Waals surface area contributed by atoms with Gasteiger partial charge >= 0.3 is 5.69 Å². The van der Waals surface area contributed by atoms with Crippen LogP contribution in [0.15, 0.2) is 35.5 Å². The molecule has 2 aromatic heterocycles. The van der Waals surface area contributed by atoms with Gasteiger partial charge in [0.25, 0.3) is 5.92 Å². The van der Waals surface area contributed by atoms with Gasteiger partial charge in [0.2, 0.25) is 6.23 Å². The minimum atomic E-state index is -3.15. The van der Waals surface area contributed by atoms with Crippen LogP contribution in [0.1, 0.15) is 23.8 Å². The zero-order valence-electron chi connectivity index (χ0n) is 13.3. The van der Waals surface area contributed by atoms with Crippen molar-refractivity contribution in [2.45, 2.75) is 37.8 Å². The number of aromatic nitrogens is 3. The summed E-state index contributed by atoms with van der Waals surface area (Å²) in [4.78, 5) is 21.5. The second-order valence-corrected chi connectivity index (χ2v) is 6.43. The van der Waals surface area contributed by atoms with Crippen LogP contribution in [0.5, 0.6) is 0 Å². The van der Waals surface area contributed by atoms with E-state index in [-0.39, 0.29) is 5.82 Å². The highest BCUT2D eigenvalue weighted by atomic mass is 19.3. The molecule has 2 atom stereocenters. The zero-order chi connectivity index (χ0) is 17.6. The van der Waals surface area contributed by atoms with Gasteiger partial charge in [-0.15, -0.1) is 0 Å². The number of hydrogen-bond acceptors (Lipinski definition) is 6. The molecule has 0 amide bonds. The van der Waals surface area contributed by atoms with Crippen LogP contribution in [0.2, 0.25) is 0 Å². The SMILES string of the molecule is Nc1ccn([C@@H]2O[C@H](CN3Cc4ccncc4C3)CC2(F)F)c(=O)n1. The van der Waals surface area contributed by atoms with Crippen molar-refractivity contribution in [3.8, 4) is 0 Å². The Bertz CT molecular complexity index is 831. The predicted molar refractivity (Wildman–Crippen MR) is 84.7 cm³/mol. The van der Waals surface area contributed by atoms with E-state index in [1.54, 1.807) is 12.4 Å². The highest BCUT2D eigenvalue weighted by Crippen LogP contribution is 2.42. The van der Waals surface area contributed by atoms with E-state index in [1.165, 1.54) is 12.3 Å². The lowest BCUT2D eigenvalue weighted by atomic mass is 10.1. The van der Waals surface area contributed by atoms with Gasteiger partial charge in [0, 0.05) is 44.6 Å². The molecule has 1 saturated heterocycles. The van der Waals surface area contributed by atoms with Crippen LogP contribution in [-0.4, -0.2) is 38.0 Å². The third kappa shape index (κ3) is 3.00. The second-order valence-electron chi connectivity index (χ2n) is 6.43. The highest BCUT2D eigenvalue weighted by Gasteiger charge is 2.52. The van der Waals surface area contributed by atoms with Crippen LogP contribution >= 0.6 is 0 Å². The number of nitrogen functional groups attached to an aromatic ring is 1. The largest absolute Gasteiger partial charge is 0.383 e. The Kier molecular flexibility index (Phi) is 3.77. The summed E-state index contributed by atoms with van der Waals surface area (Å²) < 4.78 is 35.1. The van der Waals surface area contributed by atoms with E-state index >= 15 is 0 Å². The second kappa shape index (κ2) is 5.85. The summed E-state index contributed by atoms with van der Waals surface area (Å²) in [6.45, 7) is 1.69. The van der Waals surface area contributed by atoms with Gasteiger partial charge in [0.1, 0.15) is 5.82 Å². The molecule has 2 N–H and O–H groups in total. The molecule has 0 unspecified atom stereocenters. The third-order valence-corrected chi connectivity index (χ3v) is 4.54. The van der Waals surface area contributed by atoms with Crippen LogP contribution < -0.4 is 11.4 Å². The third-order valence-electron chi connectivity index (χ3n) is 4.54. The summed E-state index contributed by atoms with van der Waals surface area (Å²) >= 11 is 0. The molecule has 0 aliphatic carbocycles. The minimum Gasteiger partial charge on any atom is -0.383 e. The number of anilines is 1. The fraction of sp³-hybridized carbons (Fsp3) is 0.438. The standard InChI is InChI=1S/C16H17F2N5O2/c17-16(18)5-12(9-22-7-10-1-3-20-6-11(10)8-22)25-14(16)23-4-2-13(19)21-15(23)24/h1-4,6,12,14H,5,7-9H2,(H2,19,21,24)/t12-,14+/m0/s1. The summed E-state index contributed by atoms with van der Waals surface area (Å²) in [6.07, 6.45) is 1.93. The lowest BCUT2D eigenvalue weighted by molar-refractivity contribution is -0.118. The van der Waals surface area contributed by atoms with Gasteiger partial charge in [0.05, 0.1) is 6.10 Å². The molecule has 0 radical (unpaired) electrons. The van der Waals surface area contributed by atoms with Crippen molar-refractivity contribution in [2.75, 3.05) is 12.3 Å². The quantitative estimate of drug-likeness (QED) is 0.895. The van der Waals surface area contributed by atoms with Crippen molar-refractivity contribution >= 4 is 5.82 Å². The fourth-order valence-corrected chi connectivity index (χ4v) is 3.42. The highest BCUT2D eigenvalue weighted by molar-refractivity contribution is 5.27. The molecule has 9 heteroatoms. The van der Waals surface area contributed by atoms with Crippen molar-refractivity contribution in [1.82, 2.24) is 19.4 Å². The lowest BCUT2D eigenvalue weighted by Crippen LogP contribution is -2.35. The van der Waals surface area contributed by atoms with Gasteiger partial charge in [-0.1, -0.05) is 0 Å². The number of halogens is 2. The zero-order valence-corrected chi connectivity index (χ0v) is 13.3. The Labute approximate surface area is 142 Å². The first-order valence-corrected chi connectivity index (χ1v) is 7.94. The van der Waals surface area contributed by atoms with Crippen LogP contribution in [-0.2, 0) is 17.8 Å². The molecular weight excluding hydrogens is 332 g/mol. The van der Waals surface area contributed by atoms with Gasteiger partial charge < -0.3 is 10.5 Å². The number of fused-ring (bicyclic) bond motifs is 1. The van der Waals surface area contributed by atoms with E-state index in [1.807, 2.05) is 11.0 Å². The van der Waals surface area contributed by atoms with E-state index in [0.717, 1.165) is 15.7 Å². The summed E-state index contributed by atoms with van der Waals surface area (Å²) in [7, 11) is 0. The van der Waals surface area contributed by atoms with Crippen molar-refractivity contribution < 1.29 is 13.5 Å². The van der Waals surface area contributed by atoms with E-state index < -0.39 is 30.4 Å². The number of hydrogen-bond donors (Lipinski definition) is 1. The number of ether oxygens (including phenoxy) is 1. The summed E-state index contributed by atoms with van der Waals surface area (Å²) in [6, 6.07) is 3.24. The van der Waals surface area contributed by atoms with Crippen molar-refractivity contribution in [3.63, 3.8) is 0 Å². The maximum Gasteiger partial charge on any atom is 0.351 e. The van der Waals surface area contributed by atoms with Crippen molar-refractivity contribution in [1.29, 1.82) is 0 Å². The topological polar surface area (TPSA) is 86.3 Å². The molecule has 132 valence electrons. The molecular formula is C16H17F2N5O2. The van der Waals surface area contributed by atoms with Gasteiger partial charge in [-0.2, -0.15) is 4.98 Å². The molecule has 0 aromatic carbocycles. The summed E-state index contributed by atoms with van der Waals surface area (Å²) in [5, 5.41) is 0. The summed E-state index contributed by atoms with van der Waals surface area (Å²) in [5.74, 6) is -3.16. The average Bonchev–Trinajstić information content (AvgIpc) is 3.07. The van der Waals surface area contributed by atoms with Gasteiger partial charge in [0.15, 0.2) is 0 Å². The first kappa shape index (κ1) is 16.1. The number of rotatable bonds is 3. The van der Waals surface area contributed by atoms with Gasteiger partial charge in [-0.05, 0) is 23.3 Å².